The van der Waals surface area contributed by atoms with Crippen molar-refractivity contribution in [2.45, 2.75) is 39.0 Å². The van der Waals surface area contributed by atoms with Crippen molar-refractivity contribution >= 4 is 22.4 Å². The van der Waals surface area contributed by atoms with Gasteiger partial charge in [-0.2, -0.15) is 0 Å². The summed E-state index contributed by atoms with van der Waals surface area (Å²) in [4.78, 5) is 25.0. The number of ether oxygens (including phenoxy) is 1. The van der Waals surface area contributed by atoms with Gasteiger partial charge in [0.25, 0.3) is 0 Å². The quantitative estimate of drug-likeness (QED) is 0.673. The second-order valence-electron chi connectivity index (χ2n) is 7.12. The fourth-order valence-electron chi connectivity index (χ4n) is 3.08. The molecular weight excluding hydrogens is 318 g/mol. The number of nitro groups is 1. The molecule has 23 heavy (non-hydrogen) atoms. The number of thiophene rings is 1. The van der Waals surface area contributed by atoms with Gasteiger partial charge < -0.3 is 15.0 Å². The van der Waals surface area contributed by atoms with Crippen molar-refractivity contribution in [3.05, 3.63) is 27.1 Å². The van der Waals surface area contributed by atoms with Crippen molar-refractivity contribution in [2.75, 3.05) is 13.1 Å². The molecule has 2 aliphatic rings. The van der Waals surface area contributed by atoms with E-state index in [0.717, 1.165) is 18.0 Å². The lowest BCUT2D eigenvalue weighted by Crippen LogP contribution is -2.39. The fourth-order valence-corrected chi connectivity index (χ4v) is 3.85. The summed E-state index contributed by atoms with van der Waals surface area (Å²) in [5.41, 5.74) is -0.463. The van der Waals surface area contributed by atoms with Gasteiger partial charge in [-0.05, 0) is 38.7 Å². The van der Waals surface area contributed by atoms with Gasteiger partial charge in [0, 0.05) is 36.6 Å². The number of rotatable bonds is 4. The minimum Gasteiger partial charge on any atom is -0.444 e. The summed E-state index contributed by atoms with van der Waals surface area (Å²) < 4.78 is 5.38. The van der Waals surface area contributed by atoms with E-state index in [2.05, 4.69) is 5.32 Å². The highest BCUT2D eigenvalue weighted by atomic mass is 32.1. The number of nitrogens with zero attached hydrogens (tertiary/aromatic N) is 2. The third kappa shape index (κ3) is 3.64. The second kappa shape index (κ2) is 5.76. The van der Waals surface area contributed by atoms with Crippen LogP contribution in [0.4, 0.5) is 9.80 Å². The van der Waals surface area contributed by atoms with E-state index < -0.39 is 5.60 Å². The van der Waals surface area contributed by atoms with Gasteiger partial charge in [-0.25, -0.2) is 4.79 Å². The maximum absolute atomic E-state index is 12.0. The van der Waals surface area contributed by atoms with Gasteiger partial charge in [0.05, 0.1) is 4.92 Å². The molecule has 3 rings (SSSR count). The Bertz CT molecular complexity index is 612. The van der Waals surface area contributed by atoms with Crippen LogP contribution >= 0.6 is 11.3 Å². The molecule has 1 saturated carbocycles. The molecule has 0 spiro atoms. The van der Waals surface area contributed by atoms with E-state index in [1.54, 1.807) is 17.0 Å². The van der Waals surface area contributed by atoms with Crippen molar-refractivity contribution in [3.63, 3.8) is 0 Å². The van der Waals surface area contributed by atoms with Crippen LogP contribution in [0.5, 0.6) is 0 Å². The van der Waals surface area contributed by atoms with Gasteiger partial charge in [0.1, 0.15) is 5.60 Å². The summed E-state index contributed by atoms with van der Waals surface area (Å²) >= 11 is 1.20. The lowest BCUT2D eigenvalue weighted by molar-refractivity contribution is -0.380. The molecule has 0 radical (unpaired) electrons. The topological polar surface area (TPSA) is 84.7 Å². The number of hydrogen-bond donors (Lipinski definition) is 1. The Labute approximate surface area is 138 Å². The van der Waals surface area contributed by atoms with E-state index in [1.165, 1.54) is 11.3 Å². The summed E-state index contributed by atoms with van der Waals surface area (Å²) in [6, 6.07) is 3.73. The maximum Gasteiger partial charge on any atom is 0.410 e. The Morgan fingerprint density at radius 2 is 2.09 bits per heavy atom. The monoisotopic (exact) mass is 339 g/mol. The normalized spacial score (nSPS) is 26.0. The summed E-state index contributed by atoms with van der Waals surface area (Å²) in [5.74, 6) is 0.940. The van der Waals surface area contributed by atoms with Gasteiger partial charge in [0.15, 0.2) is 0 Å². The maximum atomic E-state index is 12.0. The highest BCUT2D eigenvalue weighted by Gasteiger charge is 2.56. The molecule has 1 amide bonds. The average molecular weight is 339 g/mol. The lowest BCUT2D eigenvalue weighted by Gasteiger charge is -2.26. The molecule has 1 saturated heterocycles. The Balaban J connectivity index is 1.43. The Morgan fingerprint density at radius 1 is 1.43 bits per heavy atom. The van der Waals surface area contributed by atoms with Crippen molar-refractivity contribution in [2.24, 2.45) is 11.8 Å². The SMILES string of the molecule is CC(C)(C)OC(=O)N1CC2C(C1)C2NCc1ccc([N+](=O)[O-])s1. The molecule has 1 aliphatic heterocycles. The zero-order valence-corrected chi connectivity index (χ0v) is 14.3. The van der Waals surface area contributed by atoms with Crippen LogP contribution in [-0.4, -0.2) is 40.6 Å². The molecule has 1 aliphatic carbocycles. The Kier molecular flexibility index (Phi) is 4.05. The molecule has 1 N–H and O–H groups in total. The van der Waals surface area contributed by atoms with Crippen LogP contribution in [0.3, 0.4) is 0 Å². The van der Waals surface area contributed by atoms with Gasteiger partial charge >= 0.3 is 11.1 Å². The van der Waals surface area contributed by atoms with Gasteiger partial charge in [-0.3, -0.25) is 10.1 Å². The first-order valence-corrected chi connectivity index (χ1v) is 8.50. The average Bonchev–Trinajstić information content (AvgIpc) is 2.86. The zero-order valence-electron chi connectivity index (χ0n) is 13.4. The van der Waals surface area contributed by atoms with Crippen LogP contribution in [-0.2, 0) is 11.3 Å². The molecule has 7 nitrogen and oxygen atoms in total. The number of carbonyl (C=O) groups is 1. The van der Waals surface area contributed by atoms with Gasteiger partial charge in [-0.15, -0.1) is 0 Å². The third-order valence-corrected chi connectivity index (χ3v) is 5.22. The van der Waals surface area contributed by atoms with Crippen LogP contribution in [0.1, 0.15) is 25.6 Å². The van der Waals surface area contributed by atoms with Crippen LogP contribution in [0.25, 0.3) is 0 Å². The van der Waals surface area contributed by atoms with Gasteiger partial charge in [-0.1, -0.05) is 11.3 Å². The number of carbonyl (C=O) groups excluding carboxylic acids is 1. The molecule has 1 aromatic heterocycles. The van der Waals surface area contributed by atoms with E-state index in [9.17, 15) is 14.9 Å². The summed E-state index contributed by atoms with van der Waals surface area (Å²) in [6.45, 7) is 7.69. The van der Waals surface area contributed by atoms with E-state index in [4.69, 9.17) is 4.74 Å². The highest BCUT2D eigenvalue weighted by molar-refractivity contribution is 7.15. The molecule has 0 bridgehead atoms. The van der Waals surface area contributed by atoms with Crippen molar-refractivity contribution in [3.8, 4) is 0 Å². The standard InChI is InChI=1S/C15H21N3O4S/c1-15(2,3)22-14(19)17-7-10-11(8-17)13(10)16-6-9-4-5-12(23-9)18(20)21/h4-5,10-11,13,16H,6-8H2,1-3H3. The third-order valence-electron chi connectivity index (χ3n) is 4.19. The summed E-state index contributed by atoms with van der Waals surface area (Å²) in [7, 11) is 0. The molecule has 2 fully saturated rings. The van der Waals surface area contributed by atoms with Crippen LogP contribution in [0.15, 0.2) is 12.1 Å². The predicted molar refractivity (Wildman–Crippen MR) is 86.4 cm³/mol. The fraction of sp³-hybridized carbons (Fsp3) is 0.667. The molecular formula is C15H21N3O4S. The van der Waals surface area contributed by atoms with E-state index in [1.807, 2.05) is 20.8 Å². The first-order valence-electron chi connectivity index (χ1n) is 7.69. The van der Waals surface area contributed by atoms with Crippen LogP contribution in [0.2, 0.25) is 0 Å². The minimum atomic E-state index is -0.463. The molecule has 2 unspecified atom stereocenters. The van der Waals surface area contributed by atoms with E-state index >= 15 is 0 Å². The highest BCUT2D eigenvalue weighted by Crippen LogP contribution is 2.46. The number of fused-ring (bicyclic) bond motifs is 1. The first-order chi connectivity index (χ1) is 10.7. The number of nitrogens with one attached hydrogen (secondary N) is 1. The molecule has 126 valence electrons. The number of piperidine rings is 1. The molecule has 0 aromatic carbocycles. The van der Waals surface area contributed by atoms with Crippen molar-refractivity contribution in [1.82, 2.24) is 10.2 Å². The number of likely N-dealkylation sites (tertiary alicyclic amines) is 1. The first kappa shape index (κ1) is 16.2. The van der Waals surface area contributed by atoms with Crippen molar-refractivity contribution < 1.29 is 14.5 Å². The van der Waals surface area contributed by atoms with E-state index in [0.29, 0.717) is 24.4 Å². The minimum absolute atomic E-state index is 0.175. The molecule has 8 heteroatoms. The Morgan fingerprint density at radius 3 is 2.61 bits per heavy atom. The summed E-state index contributed by atoms with van der Waals surface area (Å²) in [5, 5.41) is 14.3. The number of hydrogen-bond acceptors (Lipinski definition) is 6. The largest absolute Gasteiger partial charge is 0.444 e. The zero-order chi connectivity index (χ0) is 16.8. The summed E-state index contributed by atoms with van der Waals surface area (Å²) in [6.07, 6.45) is -0.239. The van der Waals surface area contributed by atoms with Crippen molar-refractivity contribution in [1.29, 1.82) is 0 Å². The van der Waals surface area contributed by atoms with Gasteiger partial charge in [0.2, 0.25) is 0 Å². The lowest BCUT2D eigenvalue weighted by atomic mass is 10.2. The van der Waals surface area contributed by atoms with E-state index in [-0.39, 0.29) is 16.0 Å². The molecule has 2 atom stereocenters. The second-order valence-corrected chi connectivity index (χ2v) is 8.26. The molecule has 1 aromatic rings. The molecule has 2 heterocycles. The number of amides is 1. The van der Waals surface area contributed by atoms with Crippen LogP contribution < -0.4 is 5.32 Å². The predicted octanol–water partition coefficient (Wildman–Crippen LogP) is 2.61. The Hall–Kier alpha value is -1.67. The smallest absolute Gasteiger partial charge is 0.410 e. The van der Waals surface area contributed by atoms with Crippen LogP contribution in [0, 0.1) is 22.0 Å².